The van der Waals surface area contributed by atoms with Gasteiger partial charge in [0.2, 0.25) is 0 Å². The summed E-state index contributed by atoms with van der Waals surface area (Å²) in [7, 11) is 2.12. The van der Waals surface area contributed by atoms with Gasteiger partial charge in [0.15, 0.2) is 5.17 Å². The average molecular weight is 273 g/mol. The number of hydrogen-bond acceptors (Lipinski definition) is 3. The van der Waals surface area contributed by atoms with E-state index in [0.29, 0.717) is 17.5 Å². The van der Waals surface area contributed by atoms with E-state index >= 15 is 0 Å². The van der Waals surface area contributed by atoms with Crippen LogP contribution in [0.4, 0.5) is 5.69 Å². The van der Waals surface area contributed by atoms with Crippen LogP contribution in [0.2, 0.25) is 0 Å². The Balaban J connectivity index is 2.09. The highest BCUT2D eigenvalue weighted by molar-refractivity contribution is 8.14. The Labute approximate surface area is 119 Å². The van der Waals surface area contributed by atoms with Crippen molar-refractivity contribution in [3.8, 4) is 6.07 Å². The van der Waals surface area contributed by atoms with Gasteiger partial charge in [0, 0.05) is 18.8 Å². The highest BCUT2D eigenvalue weighted by atomic mass is 32.2. The van der Waals surface area contributed by atoms with E-state index in [9.17, 15) is 0 Å². The summed E-state index contributed by atoms with van der Waals surface area (Å²) in [5, 5.41) is 9.85. The molecule has 1 aromatic carbocycles. The molecule has 0 spiro atoms. The molecule has 19 heavy (non-hydrogen) atoms. The van der Waals surface area contributed by atoms with E-state index < -0.39 is 0 Å². The normalized spacial score (nSPS) is 21.1. The van der Waals surface area contributed by atoms with Crippen molar-refractivity contribution in [1.82, 2.24) is 4.90 Å². The molecule has 0 radical (unpaired) electrons. The quantitative estimate of drug-likeness (QED) is 0.844. The molecule has 1 saturated heterocycles. The number of amidine groups is 1. The fraction of sp³-hybridized carbons (Fsp3) is 0.467. The minimum atomic E-state index is 0.585. The second-order valence-electron chi connectivity index (χ2n) is 5.26. The largest absolute Gasteiger partial charge is 0.350 e. The standard InChI is InChI=1S/C15H19N3S/c1-11(2)8-14-10-19-15(18(14)3)17-13-6-4-12(9-16)5-7-13/h4-7,11,14H,8,10H2,1-3H3/t14-/m0/s1. The van der Waals surface area contributed by atoms with Gasteiger partial charge in [-0.1, -0.05) is 25.6 Å². The van der Waals surface area contributed by atoms with Gasteiger partial charge in [-0.25, -0.2) is 4.99 Å². The van der Waals surface area contributed by atoms with Crippen LogP contribution < -0.4 is 0 Å². The molecule has 0 unspecified atom stereocenters. The highest BCUT2D eigenvalue weighted by Gasteiger charge is 2.27. The Bertz CT molecular complexity index is 499. The summed E-state index contributed by atoms with van der Waals surface area (Å²) >= 11 is 1.82. The molecule has 0 amide bonds. The molecule has 1 atom stereocenters. The summed E-state index contributed by atoms with van der Waals surface area (Å²) < 4.78 is 0. The van der Waals surface area contributed by atoms with Crippen molar-refractivity contribution < 1.29 is 0 Å². The monoisotopic (exact) mass is 273 g/mol. The van der Waals surface area contributed by atoms with Crippen LogP contribution in [0.3, 0.4) is 0 Å². The van der Waals surface area contributed by atoms with E-state index in [0.717, 1.165) is 16.6 Å². The maximum atomic E-state index is 8.78. The first kappa shape index (κ1) is 14.0. The number of rotatable bonds is 3. The van der Waals surface area contributed by atoms with Crippen LogP contribution >= 0.6 is 11.8 Å². The lowest BCUT2D eigenvalue weighted by atomic mass is 10.0. The predicted octanol–water partition coefficient (Wildman–Crippen LogP) is 3.64. The van der Waals surface area contributed by atoms with Crippen LogP contribution in [-0.4, -0.2) is 28.9 Å². The first-order valence-corrected chi connectivity index (χ1v) is 7.53. The van der Waals surface area contributed by atoms with Gasteiger partial charge in [0.25, 0.3) is 0 Å². The SMILES string of the molecule is CC(C)C[C@H]1CSC(=Nc2ccc(C#N)cc2)N1C. The van der Waals surface area contributed by atoms with Gasteiger partial charge in [0.1, 0.15) is 0 Å². The van der Waals surface area contributed by atoms with Crippen LogP contribution in [0, 0.1) is 17.2 Å². The van der Waals surface area contributed by atoms with Gasteiger partial charge >= 0.3 is 0 Å². The molecule has 0 aromatic heterocycles. The number of nitriles is 1. The molecule has 2 rings (SSSR count). The molecular weight excluding hydrogens is 254 g/mol. The van der Waals surface area contributed by atoms with Crippen LogP contribution in [0.15, 0.2) is 29.3 Å². The maximum absolute atomic E-state index is 8.78. The predicted molar refractivity (Wildman–Crippen MR) is 81.7 cm³/mol. The minimum Gasteiger partial charge on any atom is -0.350 e. The molecule has 1 heterocycles. The van der Waals surface area contributed by atoms with E-state index in [1.54, 1.807) is 0 Å². The van der Waals surface area contributed by atoms with E-state index in [2.05, 4.69) is 36.9 Å². The van der Waals surface area contributed by atoms with Crippen molar-refractivity contribution >= 4 is 22.6 Å². The molecule has 3 nitrogen and oxygen atoms in total. The Morgan fingerprint density at radius 3 is 2.68 bits per heavy atom. The van der Waals surface area contributed by atoms with E-state index in [1.165, 1.54) is 6.42 Å². The molecule has 100 valence electrons. The van der Waals surface area contributed by atoms with E-state index in [1.807, 2.05) is 36.0 Å². The van der Waals surface area contributed by atoms with Crippen LogP contribution in [0.1, 0.15) is 25.8 Å². The summed E-state index contributed by atoms with van der Waals surface area (Å²) in [5.74, 6) is 1.83. The molecule has 0 saturated carbocycles. The lowest BCUT2D eigenvalue weighted by molar-refractivity contribution is 0.351. The zero-order chi connectivity index (χ0) is 13.8. The van der Waals surface area contributed by atoms with Crippen molar-refractivity contribution in [1.29, 1.82) is 5.26 Å². The number of thioether (sulfide) groups is 1. The van der Waals surface area contributed by atoms with Gasteiger partial charge in [-0.3, -0.25) is 0 Å². The van der Waals surface area contributed by atoms with Gasteiger partial charge < -0.3 is 4.90 Å². The zero-order valence-corrected chi connectivity index (χ0v) is 12.4. The first-order chi connectivity index (χ1) is 9.10. The third kappa shape index (κ3) is 3.51. The second-order valence-corrected chi connectivity index (χ2v) is 6.25. The number of benzene rings is 1. The molecule has 0 bridgehead atoms. The molecule has 1 aliphatic rings. The van der Waals surface area contributed by atoms with E-state index in [4.69, 9.17) is 5.26 Å². The Kier molecular flexibility index (Phi) is 4.49. The molecule has 1 fully saturated rings. The van der Waals surface area contributed by atoms with Gasteiger partial charge in [0.05, 0.1) is 17.3 Å². The summed E-state index contributed by atoms with van der Waals surface area (Å²) in [6, 6.07) is 10.1. The molecule has 1 aliphatic heterocycles. The lowest BCUT2D eigenvalue weighted by Gasteiger charge is -2.22. The molecule has 0 N–H and O–H groups in total. The average Bonchev–Trinajstić information content (AvgIpc) is 2.72. The Morgan fingerprint density at radius 2 is 2.11 bits per heavy atom. The van der Waals surface area contributed by atoms with Crippen molar-refractivity contribution in [2.24, 2.45) is 10.9 Å². The molecule has 0 aliphatic carbocycles. The molecular formula is C15H19N3S. The molecule has 1 aromatic rings. The van der Waals surface area contributed by atoms with Crippen molar-refractivity contribution in [2.75, 3.05) is 12.8 Å². The van der Waals surface area contributed by atoms with Crippen molar-refractivity contribution in [3.05, 3.63) is 29.8 Å². The maximum Gasteiger partial charge on any atom is 0.164 e. The highest BCUT2D eigenvalue weighted by Crippen LogP contribution is 2.28. The molecule has 4 heteroatoms. The first-order valence-electron chi connectivity index (χ1n) is 6.54. The summed E-state index contributed by atoms with van der Waals surface area (Å²) in [6.07, 6.45) is 1.20. The number of aliphatic imine (C=N–C) groups is 1. The number of nitrogens with zero attached hydrogens (tertiary/aromatic N) is 3. The summed E-state index contributed by atoms with van der Waals surface area (Å²) in [5.41, 5.74) is 1.59. The van der Waals surface area contributed by atoms with Gasteiger partial charge in [-0.15, -0.1) is 0 Å². The summed E-state index contributed by atoms with van der Waals surface area (Å²) in [6.45, 7) is 4.52. The fourth-order valence-electron chi connectivity index (χ4n) is 2.14. The number of hydrogen-bond donors (Lipinski definition) is 0. The Hall–Kier alpha value is -1.47. The topological polar surface area (TPSA) is 39.4 Å². The van der Waals surface area contributed by atoms with Crippen LogP contribution in [0.5, 0.6) is 0 Å². The van der Waals surface area contributed by atoms with Gasteiger partial charge in [-0.05, 0) is 36.6 Å². The zero-order valence-electron chi connectivity index (χ0n) is 11.6. The van der Waals surface area contributed by atoms with Gasteiger partial charge in [-0.2, -0.15) is 5.26 Å². The smallest absolute Gasteiger partial charge is 0.164 e. The lowest BCUT2D eigenvalue weighted by Crippen LogP contribution is -2.30. The third-order valence-electron chi connectivity index (χ3n) is 3.22. The van der Waals surface area contributed by atoms with Crippen LogP contribution in [0.25, 0.3) is 0 Å². The fourth-order valence-corrected chi connectivity index (χ4v) is 3.37. The van der Waals surface area contributed by atoms with Crippen molar-refractivity contribution in [2.45, 2.75) is 26.3 Å². The van der Waals surface area contributed by atoms with Crippen LogP contribution in [-0.2, 0) is 0 Å². The van der Waals surface area contributed by atoms with Crippen molar-refractivity contribution in [3.63, 3.8) is 0 Å². The second kappa shape index (κ2) is 6.12. The van der Waals surface area contributed by atoms with E-state index in [-0.39, 0.29) is 0 Å². The Morgan fingerprint density at radius 1 is 1.42 bits per heavy atom. The third-order valence-corrected chi connectivity index (χ3v) is 4.41. The summed E-state index contributed by atoms with van der Waals surface area (Å²) in [4.78, 5) is 6.95. The minimum absolute atomic E-state index is 0.585.